The van der Waals surface area contributed by atoms with E-state index in [2.05, 4.69) is 0 Å². The van der Waals surface area contributed by atoms with Crippen molar-refractivity contribution in [1.82, 2.24) is 9.55 Å². The van der Waals surface area contributed by atoms with Crippen molar-refractivity contribution in [2.75, 3.05) is 0 Å². The zero-order chi connectivity index (χ0) is 21.5. The van der Waals surface area contributed by atoms with E-state index >= 15 is 0 Å². The first-order chi connectivity index (χ1) is 15.0. The van der Waals surface area contributed by atoms with Gasteiger partial charge >= 0.3 is 5.97 Å². The van der Waals surface area contributed by atoms with Gasteiger partial charge in [-0.05, 0) is 48.2 Å². The minimum Gasteiger partial charge on any atom is -0.481 e. The van der Waals surface area contributed by atoms with Gasteiger partial charge in [0.2, 0.25) is 0 Å². The molecule has 0 amide bonds. The summed E-state index contributed by atoms with van der Waals surface area (Å²) in [5.74, 6) is -0.898. The maximum Gasteiger partial charge on any atom is 0.311 e. The third kappa shape index (κ3) is 3.67. The number of aliphatic carboxylic acids is 1. The number of halogens is 1. The van der Waals surface area contributed by atoms with E-state index in [0.717, 1.165) is 10.4 Å². The number of benzene rings is 2. The highest BCUT2D eigenvalue weighted by Crippen LogP contribution is 2.43. The fourth-order valence-corrected chi connectivity index (χ4v) is 6.33. The molecule has 0 fully saturated rings. The Balaban J connectivity index is 1.67. The molecule has 1 N–H and O–H groups in total. The summed E-state index contributed by atoms with van der Waals surface area (Å²) in [6.45, 7) is 0. The van der Waals surface area contributed by atoms with Crippen LogP contribution in [0.4, 0.5) is 0 Å². The monoisotopic (exact) mass is 468 g/mol. The average molecular weight is 469 g/mol. The fourth-order valence-electron chi connectivity index (χ4n) is 3.95. The van der Waals surface area contributed by atoms with Crippen molar-refractivity contribution in [2.45, 2.75) is 29.7 Å². The van der Waals surface area contributed by atoms with Gasteiger partial charge in [0.05, 0.1) is 17.0 Å². The van der Waals surface area contributed by atoms with Crippen LogP contribution in [0, 0.1) is 0 Å². The zero-order valence-corrected chi connectivity index (χ0v) is 18.6. The van der Waals surface area contributed by atoms with Crippen LogP contribution in [0.25, 0.3) is 15.9 Å². The molecule has 0 saturated carbocycles. The summed E-state index contributed by atoms with van der Waals surface area (Å²) in [6.07, 6.45) is 1.20. The number of rotatable bonds is 5. The van der Waals surface area contributed by atoms with Crippen molar-refractivity contribution >= 4 is 50.9 Å². The number of nitrogens with zero attached hydrogens (tertiary/aromatic N) is 2. The predicted octanol–water partition coefficient (Wildman–Crippen LogP) is 5.51. The number of carboxylic acids is 1. The number of thiophene rings is 1. The molecule has 0 bridgehead atoms. The van der Waals surface area contributed by atoms with Crippen molar-refractivity contribution in [2.24, 2.45) is 0 Å². The van der Waals surface area contributed by atoms with Crippen LogP contribution < -0.4 is 5.56 Å². The van der Waals surface area contributed by atoms with Gasteiger partial charge in [0.15, 0.2) is 5.16 Å². The number of carboxylic acid groups (broad SMARTS) is 1. The summed E-state index contributed by atoms with van der Waals surface area (Å²) >= 11 is 8.91. The molecule has 1 aliphatic rings. The van der Waals surface area contributed by atoms with Crippen LogP contribution in [0.15, 0.2) is 64.5 Å². The van der Waals surface area contributed by atoms with Gasteiger partial charge in [-0.25, -0.2) is 4.98 Å². The summed E-state index contributed by atoms with van der Waals surface area (Å²) in [7, 11) is 0. The van der Waals surface area contributed by atoms with Crippen LogP contribution in [-0.4, -0.2) is 20.6 Å². The molecule has 2 heterocycles. The first-order valence-corrected chi connectivity index (χ1v) is 11.9. The number of para-hydroxylation sites is 1. The lowest BCUT2D eigenvalue weighted by molar-refractivity contribution is -0.138. The Kier molecular flexibility index (Phi) is 5.33. The third-order valence-electron chi connectivity index (χ3n) is 5.41. The smallest absolute Gasteiger partial charge is 0.311 e. The lowest BCUT2D eigenvalue weighted by Gasteiger charge is -2.13. The summed E-state index contributed by atoms with van der Waals surface area (Å²) < 4.78 is 1.60. The standard InChI is InChI=1S/C23H17ClN2O3S2/c24-14-8-6-13(7-9-14)12-30-23-25-20-19(18-16(22(28)29)10-11-17(18)31-20)21(27)26(23)15-4-2-1-3-5-15/h1-9,16H,10-12H2,(H,28,29). The second kappa shape index (κ2) is 8.15. The van der Waals surface area contributed by atoms with Gasteiger partial charge in [-0.1, -0.05) is 53.7 Å². The van der Waals surface area contributed by atoms with E-state index in [4.69, 9.17) is 16.6 Å². The summed E-state index contributed by atoms with van der Waals surface area (Å²) in [5.41, 5.74) is 2.23. The van der Waals surface area contributed by atoms with Crippen molar-refractivity contribution in [1.29, 1.82) is 0 Å². The Bertz CT molecular complexity index is 1350. The van der Waals surface area contributed by atoms with E-state index < -0.39 is 11.9 Å². The van der Waals surface area contributed by atoms with Crippen LogP contribution >= 0.6 is 34.7 Å². The SMILES string of the molecule is O=C(O)C1CCc2sc3nc(SCc4ccc(Cl)cc4)n(-c4ccccc4)c(=O)c3c21. The van der Waals surface area contributed by atoms with Gasteiger partial charge in [-0.2, -0.15) is 0 Å². The minimum atomic E-state index is -0.884. The minimum absolute atomic E-state index is 0.208. The molecule has 1 unspecified atom stereocenters. The van der Waals surface area contributed by atoms with Crippen LogP contribution in [0.3, 0.4) is 0 Å². The number of thioether (sulfide) groups is 1. The van der Waals surface area contributed by atoms with Crippen LogP contribution in [0.1, 0.15) is 28.3 Å². The molecular formula is C23H17ClN2O3S2. The van der Waals surface area contributed by atoms with E-state index in [9.17, 15) is 14.7 Å². The summed E-state index contributed by atoms with van der Waals surface area (Å²) in [4.78, 5) is 31.9. The van der Waals surface area contributed by atoms with Crippen LogP contribution in [0.2, 0.25) is 5.02 Å². The van der Waals surface area contributed by atoms with Crippen LogP contribution in [0.5, 0.6) is 0 Å². The van der Waals surface area contributed by atoms with E-state index in [1.807, 2.05) is 54.6 Å². The average Bonchev–Trinajstić information content (AvgIpc) is 3.33. The van der Waals surface area contributed by atoms with Gasteiger partial charge in [0, 0.05) is 15.7 Å². The molecule has 1 atom stereocenters. The topological polar surface area (TPSA) is 72.2 Å². The number of aryl methyl sites for hydroxylation is 1. The fraction of sp³-hybridized carbons (Fsp3) is 0.174. The molecule has 4 aromatic rings. The molecule has 31 heavy (non-hydrogen) atoms. The molecule has 1 aliphatic carbocycles. The highest BCUT2D eigenvalue weighted by Gasteiger charge is 2.34. The molecule has 2 aromatic carbocycles. The Labute approximate surface area is 191 Å². The number of hydrogen-bond donors (Lipinski definition) is 1. The lowest BCUT2D eigenvalue weighted by Crippen LogP contribution is -2.22. The van der Waals surface area contributed by atoms with E-state index in [1.54, 1.807) is 4.57 Å². The molecule has 0 radical (unpaired) electrons. The third-order valence-corrected chi connectivity index (χ3v) is 7.83. The van der Waals surface area contributed by atoms with Crippen molar-refractivity contribution in [3.8, 4) is 5.69 Å². The maximum atomic E-state index is 13.7. The van der Waals surface area contributed by atoms with E-state index in [1.165, 1.54) is 23.1 Å². The molecule has 8 heteroatoms. The van der Waals surface area contributed by atoms with E-state index in [0.29, 0.717) is 50.2 Å². The Hall–Kier alpha value is -2.61. The number of carbonyl (C=O) groups is 1. The molecule has 156 valence electrons. The predicted molar refractivity (Wildman–Crippen MR) is 125 cm³/mol. The largest absolute Gasteiger partial charge is 0.481 e. The van der Waals surface area contributed by atoms with Crippen LogP contribution in [-0.2, 0) is 17.0 Å². The zero-order valence-electron chi connectivity index (χ0n) is 16.2. The molecule has 5 rings (SSSR count). The van der Waals surface area contributed by atoms with Gasteiger partial charge in [0.1, 0.15) is 4.83 Å². The molecule has 0 spiro atoms. The quantitative estimate of drug-likeness (QED) is 0.309. The first-order valence-electron chi connectivity index (χ1n) is 9.76. The van der Waals surface area contributed by atoms with Crippen molar-refractivity contribution < 1.29 is 9.90 Å². The Morgan fingerprint density at radius 3 is 2.65 bits per heavy atom. The summed E-state index contributed by atoms with van der Waals surface area (Å²) in [6, 6.07) is 17.0. The second-order valence-corrected chi connectivity index (χ2v) is 9.80. The van der Waals surface area contributed by atoms with Crippen molar-refractivity contribution in [3.63, 3.8) is 0 Å². The molecule has 0 aliphatic heterocycles. The molecule has 0 saturated heterocycles. The summed E-state index contributed by atoms with van der Waals surface area (Å²) in [5, 5.41) is 11.4. The number of hydrogen-bond acceptors (Lipinski definition) is 5. The highest BCUT2D eigenvalue weighted by atomic mass is 35.5. The lowest BCUT2D eigenvalue weighted by atomic mass is 10.0. The highest BCUT2D eigenvalue weighted by molar-refractivity contribution is 7.98. The number of fused-ring (bicyclic) bond motifs is 3. The van der Waals surface area contributed by atoms with Gasteiger partial charge in [-0.3, -0.25) is 14.2 Å². The second-order valence-electron chi connectivity index (χ2n) is 7.33. The van der Waals surface area contributed by atoms with Gasteiger partial charge < -0.3 is 5.11 Å². The van der Waals surface area contributed by atoms with Gasteiger partial charge in [-0.15, -0.1) is 11.3 Å². The molecule has 2 aromatic heterocycles. The Morgan fingerprint density at radius 1 is 1.19 bits per heavy atom. The van der Waals surface area contributed by atoms with Crippen molar-refractivity contribution in [3.05, 3.63) is 86.0 Å². The van der Waals surface area contributed by atoms with E-state index in [-0.39, 0.29) is 5.56 Å². The first kappa shape index (κ1) is 20.3. The molecule has 5 nitrogen and oxygen atoms in total. The number of aromatic nitrogens is 2. The maximum absolute atomic E-state index is 13.7. The normalized spacial score (nSPS) is 15.3. The molecular weight excluding hydrogens is 452 g/mol. The van der Waals surface area contributed by atoms with Gasteiger partial charge in [0.25, 0.3) is 5.56 Å². The Morgan fingerprint density at radius 2 is 1.94 bits per heavy atom.